The predicted molar refractivity (Wildman–Crippen MR) is 124 cm³/mol. The van der Waals surface area contributed by atoms with Crippen molar-refractivity contribution in [2.45, 2.75) is 19.6 Å². The maximum Gasteiger partial charge on any atom is 0.360 e. The van der Waals surface area contributed by atoms with E-state index in [9.17, 15) is 4.80 Å². The van der Waals surface area contributed by atoms with Crippen LogP contribution in [-0.2, 0) is 12.7 Å². The SMILES string of the molecule is CO[Si](C)(O[Si](C)(O[Si](C)(O)c1ccccc1)c1ccccc1)c1ccccc1. The van der Waals surface area contributed by atoms with Gasteiger partial charge in [-0.25, -0.2) is 0 Å². The first-order valence-electron chi connectivity index (χ1n) is 9.63. The van der Waals surface area contributed by atoms with Gasteiger partial charge in [0.1, 0.15) is 0 Å². The first-order chi connectivity index (χ1) is 13.8. The van der Waals surface area contributed by atoms with Crippen molar-refractivity contribution < 1.29 is 17.5 Å². The normalized spacial score (nSPS) is 17.7. The molecule has 152 valence electrons. The van der Waals surface area contributed by atoms with E-state index in [0.717, 1.165) is 15.6 Å². The quantitative estimate of drug-likeness (QED) is 0.547. The van der Waals surface area contributed by atoms with Gasteiger partial charge >= 0.3 is 25.7 Å². The minimum Gasteiger partial charge on any atom is -0.409 e. The molecule has 0 bridgehead atoms. The Morgan fingerprint density at radius 3 is 1.34 bits per heavy atom. The molecule has 3 aromatic rings. The molecule has 3 rings (SSSR count). The van der Waals surface area contributed by atoms with Crippen molar-refractivity contribution >= 4 is 41.2 Å². The zero-order valence-electron chi connectivity index (χ0n) is 17.3. The van der Waals surface area contributed by atoms with Crippen molar-refractivity contribution in [1.82, 2.24) is 0 Å². The molecule has 1 N–H and O–H groups in total. The molecule has 0 radical (unpaired) electrons. The van der Waals surface area contributed by atoms with Crippen molar-refractivity contribution in [2.24, 2.45) is 0 Å². The van der Waals surface area contributed by atoms with Crippen molar-refractivity contribution in [3.8, 4) is 0 Å². The third-order valence-electron chi connectivity index (χ3n) is 5.08. The minimum atomic E-state index is -3.21. The summed E-state index contributed by atoms with van der Waals surface area (Å²) in [5, 5.41) is 2.82. The highest BCUT2D eigenvalue weighted by molar-refractivity contribution is 6.97. The Labute approximate surface area is 176 Å². The van der Waals surface area contributed by atoms with Gasteiger partial charge in [-0.2, -0.15) is 0 Å². The van der Waals surface area contributed by atoms with Gasteiger partial charge in [-0.05, 0) is 35.2 Å². The van der Waals surface area contributed by atoms with Gasteiger partial charge in [0, 0.05) is 7.11 Å². The zero-order valence-corrected chi connectivity index (χ0v) is 20.3. The number of rotatable bonds is 8. The maximum absolute atomic E-state index is 11.4. The van der Waals surface area contributed by atoms with Crippen LogP contribution in [0, 0.1) is 0 Å². The summed E-state index contributed by atoms with van der Waals surface area (Å²) in [6.07, 6.45) is 0. The van der Waals surface area contributed by atoms with Crippen molar-refractivity contribution in [1.29, 1.82) is 0 Å². The van der Waals surface area contributed by atoms with E-state index < -0.39 is 25.7 Å². The Morgan fingerprint density at radius 2 is 0.931 bits per heavy atom. The Hall–Kier alpha value is -1.85. The van der Waals surface area contributed by atoms with Gasteiger partial charge in [0.05, 0.1) is 0 Å². The van der Waals surface area contributed by atoms with Gasteiger partial charge < -0.3 is 17.5 Å². The van der Waals surface area contributed by atoms with Crippen molar-refractivity contribution in [3.05, 3.63) is 91.0 Å². The summed E-state index contributed by atoms with van der Waals surface area (Å²) in [5.74, 6) is 0. The maximum atomic E-state index is 11.4. The summed E-state index contributed by atoms with van der Waals surface area (Å²) in [5.41, 5.74) is 0. The molecule has 3 unspecified atom stereocenters. The second kappa shape index (κ2) is 8.88. The lowest BCUT2D eigenvalue weighted by Gasteiger charge is -2.40. The topological polar surface area (TPSA) is 47.9 Å². The Balaban J connectivity index is 2.03. The van der Waals surface area contributed by atoms with Gasteiger partial charge in [-0.15, -0.1) is 0 Å². The minimum absolute atomic E-state index is 0.818. The van der Waals surface area contributed by atoms with Crippen LogP contribution in [0.25, 0.3) is 0 Å². The second-order valence-electron chi connectivity index (χ2n) is 7.38. The molecule has 0 heterocycles. The molecule has 0 saturated carbocycles. The van der Waals surface area contributed by atoms with E-state index in [-0.39, 0.29) is 0 Å². The fourth-order valence-electron chi connectivity index (χ4n) is 3.40. The van der Waals surface area contributed by atoms with Gasteiger partial charge in [0.2, 0.25) is 0 Å². The third kappa shape index (κ3) is 5.01. The third-order valence-corrected chi connectivity index (χ3v) is 16.3. The molecule has 0 amide bonds. The van der Waals surface area contributed by atoms with E-state index in [2.05, 4.69) is 0 Å². The van der Waals surface area contributed by atoms with E-state index in [1.807, 2.05) is 104 Å². The van der Waals surface area contributed by atoms with Gasteiger partial charge in [0.15, 0.2) is 0 Å². The van der Waals surface area contributed by atoms with E-state index in [0.29, 0.717) is 0 Å². The van der Waals surface area contributed by atoms with Crippen LogP contribution in [0.2, 0.25) is 19.6 Å². The molecular formula is C22H28O4Si3. The van der Waals surface area contributed by atoms with Crippen LogP contribution in [0.1, 0.15) is 0 Å². The molecule has 0 saturated heterocycles. The van der Waals surface area contributed by atoms with Crippen LogP contribution >= 0.6 is 0 Å². The molecule has 4 nitrogen and oxygen atoms in total. The predicted octanol–water partition coefficient (Wildman–Crippen LogP) is 2.60. The molecule has 0 fully saturated rings. The molecule has 0 aromatic heterocycles. The molecule has 0 spiro atoms. The largest absolute Gasteiger partial charge is 0.409 e. The Morgan fingerprint density at radius 1 is 0.552 bits per heavy atom. The lowest BCUT2D eigenvalue weighted by Crippen LogP contribution is -2.68. The standard InChI is InChI=1S/C22H28O4Si3/c1-24-28(3,21-16-10-6-11-17-21)26-29(4,22-18-12-7-13-19-22)25-27(2,23)20-14-8-5-9-15-20/h5-19,23H,1-4H3. The molecule has 3 atom stereocenters. The fraction of sp³-hybridized carbons (Fsp3) is 0.182. The lowest BCUT2D eigenvalue weighted by atomic mass is 10.4. The number of benzene rings is 3. The van der Waals surface area contributed by atoms with Gasteiger partial charge in [0.25, 0.3) is 0 Å². The molecular weight excluding hydrogens is 412 g/mol. The van der Waals surface area contributed by atoms with E-state index in [4.69, 9.17) is 12.7 Å². The lowest BCUT2D eigenvalue weighted by molar-refractivity contribution is 0.276. The molecule has 7 heteroatoms. The smallest absolute Gasteiger partial charge is 0.360 e. The number of hydrogen-bond donors (Lipinski definition) is 1. The van der Waals surface area contributed by atoms with E-state index in [1.165, 1.54) is 0 Å². The van der Waals surface area contributed by atoms with Gasteiger partial charge in [-0.1, -0.05) is 91.0 Å². The zero-order chi connectivity index (χ0) is 21.0. The second-order valence-corrected chi connectivity index (χ2v) is 16.9. The van der Waals surface area contributed by atoms with Crippen LogP contribution in [0.3, 0.4) is 0 Å². The fourth-order valence-corrected chi connectivity index (χ4v) is 14.8. The molecule has 0 aliphatic rings. The van der Waals surface area contributed by atoms with Crippen LogP contribution in [0.15, 0.2) is 91.0 Å². The molecule has 29 heavy (non-hydrogen) atoms. The average molecular weight is 441 g/mol. The molecule has 0 aliphatic heterocycles. The monoisotopic (exact) mass is 440 g/mol. The summed E-state index contributed by atoms with van der Waals surface area (Å²) >= 11 is 0. The highest BCUT2D eigenvalue weighted by Crippen LogP contribution is 2.21. The average Bonchev–Trinajstić information content (AvgIpc) is 2.75. The first-order valence-corrected chi connectivity index (χ1v) is 16.6. The summed E-state index contributed by atoms with van der Waals surface area (Å²) < 4.78 is 19.4. The summed E-state index contributed by atoms with van der Waals surface area (Å²) in [6, 6.07) is 29.5. The Bertz CT molecular complexity index is 909. The summed E-state index contributed by atoms with van der Waals surface area (Å²) in [7, 11) is -7.33. The van der Waals surface area contributed by atoms with Crippen LogP contribution in [0.5, 0.6) is 0 Å². The highest BCUT2D eigenvalue weighted by Gasteiger charge is 2.50. The summed E-state index contributed by atoms with van der Waals surface area (Å²) in [4.78, 5) is 11.4. The Kier molecular flexibility index (Phi) is 6.69. The molecule has 0 aliphatic carbocycles. The van der Waals surface area contributed by atoms with Crippen LogP contribution in [-0.4, -0.2) is 37.6 Å². The molecule has 3 aromatic carbocycles. The first kappa shape index (κ1) is 21.8. The van der Waals surface area contributed by atoms with Crippen molar-refractivity contribution in [3.63, 3.8) is 0 Å². The van der Waals surface area contributed by atoms with E-state index >= 15 is 0 Å². The highest BCUT2D eigenvalue weighted by atomic mass is 28.5. The summed E-state index contributed by atoms with van der Waals surface area (Å²) in [6.45, 7) is 5.83. The van der Waals surface area contributed by atoms with Crippen molar-refractivity contribution in [2.75, 3.05) is 7.11 Å². The number of hydrogen-bond acceptors (Lipinski definition) is 4. The van der Waals surface area contributed by atoms with E-state index in [1.54, 1.807) is 13.7 Å². The van der Waals surface area contributed by atoms with Crippen LogP contribution < -0.4 is 15.6 Å². The van der Waals surface area contributed by atoms with Crippen LogP contribution in [0.4, 0.5) is 0 Å². The van der Waals surface area contributed by atoms with Gasteiger partial charge in [-0.3, -0.25) is 0 Å².